The van der Waals surface area contributed by atoms with E-state index >= 15 is 0 Å². The number of hydrogen-bond acceptors (Lipinski definition) is 4. The average molecular weight is 380 g/mol. The Morgan fingerprint density at radius 3 is 2.86 bits per heavy atom. The quantitative estimate of drug-likeness (QED) is 0.504. The second kappa shape index (κ2) is 7.90. The van der Waals surface area contributed by atoms with Crippen LogP contribution in [0.5, 0.6) is 0 Å². The molecule has 146 valence electrons. The maximum Gasteiger partial charge on any atom is 0.251 e. The van der Waals surface area contributed by atoms with Crippen LogP contribution in [0, 0.1) is 0 Å². The molecule has 0 saturated carbocycles. The van der Waals surface area contributed by atoms with Crippen molar-refractivity contribution >= 4 is 16.9 Å². The third kappa shape index (κ3) is 3.29. The lowest BCUT2D eigenvalue weighted by atomic mass is 10.1. The Kier molecular flexibility index (Phi) is 5.16. The molecular formula is C21H24N4O3. The molecule has 0 saturated heterocycles. The number of hydrogen-bond donors (Lipinski definition) is 1. The van der Waals surface area contributed by atoms with Gasteiger partial charge in [0.2, 0.25) is 0 Å². The summed E-state index contributed by atoms with van der Waals surface area (Å²) in [5.41, 5.74) is 2.61. The standard InChI is InChI=1S/C21H24N4O3/c1-3-4-12-22-21(26)19(18-11-14-27-28-18)25-16-9-6-5-8-15(16)23-20(25)17-10-7-13-24(17)2/h5-11,13,19H,3-4,12,14H2,1-2H3,(H,22,26). The number of nitrogens with zero attached hydrogens (tertiary/aromatic N) is 3. The van der Waals surface area contributed by atoms with E-state index in [0.29, 0.717) is 24.7 Å². The first kappa shape index (κ1) is 18.3. The van der Waals surface area contributed by atoms with Crippen molar-refractivity contribution < 1.29 is 14.6 Å². The summed E-state index contributed by atoms with van der Waals surface area (Å²) in [4.78, 5) is 28.5. The van der Waals surface area contributed by atoms with Crippen molar-refractivity contribution in [2.24, 2.45) is 7.05 Å². The van der Waals surface area contributed by atoms with E-state index in [-0.39, 0.29) is 5.91 Å². The number of carbonyl (C=O) groups is 1. The number of unbranched alkanes of at least 4 members (excludes halogenated alkanes) is 1. The molecule has 1 aliphatic heterocycles. The van der Waals surface area contributed by atoms with E-state index < -0.39 is 6.04 Å². The van der Waals surface area contributed by atoms with Gasteiger partial charge in [-0.25, -0.2) is 4.98 Å². The smallest absolute Gasteiger partial charge is 0.251 e. The number of benzene rings is 1. The van der Waals surface area contributed by atoms with Crippen molar-refractivity contribution in [1.82, 2.24) is 19.4 Å². The lowest BCUT2D eigenvalue weighted by Crippen LogP contribution is -2.35. The first-order valence-electron chi connectivity index (χ1n) is 9.56. The van der Waals surface area contributed by atoms with E-state index in [9.17, 15) is 4.79 Å². The third-order valence-electron chi connectivity index (χ3n) is 4.88. The van der Waals surface area contributed by atoms with Crippen molar-refractivity contribution in [2.75, 3.05) is 13.2 Å². The molecule has 3 aromatic rings. The van der Waals surface area contributed by atoms with Crippen molar-refractivity contribution in [3.05, 3.63) is 54.4 Å². The molecule has 2 aromatic heterocycles. The molecule has 0 spiro atoms. The van der Waals surface area contributed by atoms with Gasteiger partial charge in [-0.3, -0.25) is 4.79 Å². The van der Waals surface area contributed by atoms with Crippen molar-refractivity contribution in [1.29, 1.82) is 0 Å². The largest absolute Gasteiger partial charge is 0.354 e. The molecule has 0 fully saturated rings. The fourth-order valence-electron chi connectivity index (χ4n) is 3.45. The highest BCUT2D eigenvalue weighted by molar-refractivity contribution is 5.88. The first-order valence-corrected chi connectivity index (χ1v) is 9.56. The van der Waals surface area contributed by atoms with Crippen LogP contribution in [-0.2, 0) is 21.6 Å². The second-order valence-electron chi connectivity index (χ2n) is 6.82. The van der Waals surface area contributed by atoms with E-state index in [1.165, 1.54) is 0 Å². The number of amides is 1. The zero-order chi connectivity index (χ0) is 19.5. The highest BCUT2D eigenvalue weighted by Gasteiger charge is 2.33. The first-order chi connectivity index (χ1) is 13.7. The van der Waals surface area contributed by atoms with Gasteiger partial charge in [0.15, 0.2) is 17.6 Å². The van der Waals surface area contributed by atoms with Gasteiger partial charge >= 0.3 is 0 Å². The molecule has 0 bridgehead atoms. The van der Waals surface area contributed by atoms with Gasteiger partial charge in [-0.05, 0) is 36.8 Å². The minimum Gasteiger partial charge on any atom is -0.354 e. The Morgan fingerprint density at radius 1 is 1.29 bits per heavy atom. The number of imidazole rings is 1. The Hall–Kier alpha value is -3.06. The van der Waals surface area contributed by atoms with Gasteiger partial charge in [0.05, 0.1) is 16.7 Å². The third-order valence-corrected chi connectivity index (χ3v) is 4.88. The number of carbonyl (C=O) groups excluding carboxylic acids is 1. The van der Waals surface area contributed by atoms with Gasteiger partial charge in [-0.2, -0.15) is 4.89 Å². The van der Waals surface area contributed by atoms with E-state index in [0.717, 1.165) is 29.6 Å². The molecule has 7 nitrogen and oxygen atoms in total. The molecule has 4 rings (SSSR count). The van der Waals surface area contributed by atoms with Gasteiger partial charge in [-0.1, -0.05) is 25.5 Å². The number of rotatable bonds is 7. The number of aromatic nitrogens is 3. The summed E-state index contributed by atoms with van der Waals surface area (Å²) >= 11 is 0. The van der Waals surface area contributed by atoms with Crippen molar-refractivity contribution in [3.8, 4) is 11.5 Å². The summed E-state index contributed by atoms with van der Waals surface area (Å²) in [6.45, 7) is 3.03. The second-order valence-corrected chi connectivity index (χ2v) is 6.82. The molecule has 0 radical (unpaired) electrons. The summed E-state index contributed by atoms with van der Waals surface area (Å²) in [5.74, 6) is 1.05. The zero-order valence-corrected chi connectivity index (χ0v) is 16.1. The van der Waals surface area contributed by atoms with Crippen LogP contribution in [0.3, 0.4) is 0 Å². The Labute approximate surface area is 163 Å². The minimum absolute atomic E-state index is 0.135. The maximum absolute atomic E-state index is 13.2. The molecule has 1 unspecified atom stereocenters. The van der Waals surface area contributed by atoms with Crippen LogP contribution >= 0.6 is 0 Å². The predicted octanol–water partition coefficient (Wildman–Crippen LogP) is 3.34. The van der Waals surface area contributed by atoms with E-state index in [1.807, 2.05) is 58.8 Å². The maximum atomic E-state index is 13.2. The highest BCUT2D eigenvalue weighted by atomic mass is 17.2. The summed E-state index contributed by atoms with van der Waals surface area (Å²) < 4.78 is 3.93. The summed E-state index contributed by atoms with van der Waals surface area (Å²) in [6.07, 6.45) is 5.69. The van der Waals surface area contributed by atoms with Crippen molar-refractivity contribution in [2.45, 2.75) is 25.8 Å². The van der Waals surface area contributed by atoms with Gasteiger partial charge in [0.1, 0.15) is 6.61 Å². The van der Waals surface area contributed by atoms with Gasteiger partial charge in [0.25, 0.3) is 5.91 Å². The molecule has 1 aliphatic rings. The molecule has 0 aliphatic carbocycles. The van der Waals surface area contributed by atoms with E-state index in [2.05, 4.69) is 12.2 Å². The fourth-order valence-corrected chi connectivity index (χ4v) is 3.45. The van der Waals surface area contributed by atoms with Gasteiger partial charge < -0.3 is 19.3 Å². The molecule has 3 heterocycles. The molecule has 1 atom stereocenters. The fraction of sp³-hybridized carbons (Fsp3) is 0.333. The number of aryl methyl sites for hydroxylation is 1. The van der Waals surface area contributed by atoms with Crippen LogP contribution in [0.25, 0.3) is 22.6 Å². The Bertz CT molecular complexity index is 1020. The van der Waals surface area contributed by atoms with Crippen LogP contribution in [0.4, 0.5) is 0 Å². The Morgan fingerprint density at radius 2 is 2.14 bits per heavy atom. The van der Waals surface area contributed by atoms with Crippen molar-refractivity contribution in [3.63, 3.8) is 0 Å². The lowest BCUT2D eigenvalue weighted by Gasteiger charge is -2.21. The molecule has 1 N–H and O–H groups in total. The number of nitrogens with one attached hydrogen (secondary N) is 1. The topological polar surface area (TPSA) is 70.3 Å². The van der Waals surface area contributed by atoms with Crippen LogP contribution in [0.1, 0.15) is 25.8 Å². The summed E-state index contributed by atoms with van der Waals surface area (Å²) in [5, 5.41) is 3.03. The van der Waals surface area contributed by atoms with Crippen LogP contribution in [0.15, 0.2) is 54.4 Å². The van der Waals surface area contributed by atoms with Crippen LogP contribution in [-0.4, -0.2) is 33.2 Å². The van der Waals surface area contributed by atoms with E-state index in [4.69, 9.17) is 14.8 Å². The zero-order valence-electron chi connectivity index (χ0n) is 16.1. The number of fused-ring (bicyclic) bond motifs is 1. The highest BCUT2D eigenvalue weighted by Crippen LogP contribution is 2.33. The Balaban J connectivity index is 1.87. The van der Waals surface area contributed by atoms with E-state index in [1.54, 1.807) is 6.08 Å². The lowest BCUT2D eigenvalue weighted by molar-refractivity contribution is -0.238. The minimum atomic E-state index is -0.698. The monoisotopic (exact) mass is 380 g/mol. The summed E-state index contributed by atoms with van der Waals surface area (Å²) in [7, 11) is 1.96. The average Bonchev–Trinajstić information content (AvgIpc) is 3.43. The molecule has 28 heavy (non-hydrogen) atoms. The van der Waals surface area contributed by atoms with Crippen LogP contribution in [0.2, 0.25) is 0 Å². The molecule has 1 aromatic carbocycles. The molecule has 7 heteroatoms. The summed E-state index contributed by atoms with van der Waals surface area (Å²) in [6, 6.07) is 11.1. The van der Waals surface area contributed by atoms with Crippen LogP contribution < -0.4 is 5.32 Å². The molecular weight excluding hydrogens is 356 g/mol. The number of para-hydroxylation sites is 2. The molecule has 1 amide bonds. The van der Waals surface area contributed by atoms with Gasteiger partial charge in [0, 0.05) is 19.8 Å². The predicted molar refractivity (Wildman–Crippen MR) is 106 cm³/mol. The normalized spacial score (nSPS) is 14.7. The van der Waals surface area contributed by atoms with Gasteiger partial charge in [-0.15, -0.1) is 0 Å². The SMILES string of the molecule is CCCCNC(=O)C(C1=CCOO1)n1c(-c2cccn2C)nc2ccccc21.